The van der Waals surface area contributed by atoms with Crippen LogP contribution in [0.25, 0.3) is 0 Å². The Bertz CT molecular complexity index is 724. The first kappa shape index (κ1) is 14.6. The summed E-state index contributed by atoms with van der Waals surface area (Å²) >= 11 is 5.65. The molecule has 1 aromatic carbocycles. The zero-order valence-electron chi connectivity index (χ0n) is 10.00. The molecule has 0 atom stereocenters. The molecule has 1 heterocycles. The van der Waals surface area contributed by atoms with Gasteiger partial charge in [-0.3, -0.25) is 0 Å². The molecule has 2 aromatic rings. The molecule has 0 aliphatic carbocycles. The SMILES string of the molecule is O=C([O-])c1cc(S(=O)(=O)NCc2ccco2)ccc1Cl. The van der Waals surface area contributed by atoms with Gasteiger partial charge in [-0.05, 0) is 30.3 Å². The number of halogens is 1. The standard InChI is InChI=1S/C12H10ClNO5S/c13-11-4-3-9(6-10(11)12(15)16)20(17,18)14-7-8-2-1-5-19-8/h1-6,14H,7H2,(H,15,16)/p-1. The number of sulfonamides is 1. The van der Waals surface area contributed by atoms with Crippen molar-refractivity contribution in [2.75, 3.05) is 0 Å². The molecular formula is C12H9ClNO5S-. The summed E-state index contributed by atoms with van der Waals surface area (Å²) < 4.78 is 31.3. The van der Waals surface area contributed by atoms with Gasteiger partial charge in [0.15, 0.2) is 0 Å². The first-order valence-corrected chi connectivity index (χ1v) is 7.29. The molecule has 0 aliphatic heterocycles. The van der Waals surface area contributed by atoms with E-state index in [9.17, 15) is 18.3 Å². The van der Waals surface area contributed by atoms with Crippen molar-refractivity contribution in [1.29, 1.82) is 0 Å². The highest BCUT2D eigenvalue weighted by Crippen LogP contribution is 2.20. The monoisotopic (exact) mass is 314 g/mol. The molecule has 1 aromatic heterocycles. The maximum Gasteiger partial charge on any atom is 0.240 e. The third kappa shape index (κ3) is 3.19. The molecule has 0 aliphatic rings. The Kier molecular flexibility index (Phi) is 4.12. The van der Waals surface area contributed by atoms with Gasteiger partial charge in [0.1, 0.15) is 5.76 Å². The molecule has 0 saturated heterocycles. The summed E-state index contributed by atoms with van der Waals surface area (Å²) in [5.74, 6) is -1.11. The molecule has 6 nitrogen and oxygen atoms in total. The summed E-state index contributed by atoms with van der Waals surface area (Å²) in [7, 11) is -3.87. The molecule has 0 bridgehead atoms. The molecule has 1 N–H and O–H groups in total. The largest absolute Gasteiger partial charge is 0.545 e. The highest BCUT2D eigenvalue weighted by molar-refractivity contribution is 7.89. The fourth-order valence-corrected chi connectivity index (χ4v) is 2.70. The van der Waals surface area contributed by atoms with E-state index in [2.05, 4.69) is 4.72 Å². The van der Waals surface area contributed by atoms with E-state index in [1.165, 1.54) is 18.4 Å². The van der Waals surface area contributed by atoms with Crippen LogP contribution < -0.4 is 9.83 Å². The summed E-state index contributed by atoms with van der Waals surface area (Å²) in [4.78, 5) is 10.6. The van der Waals surface area contributed by atoms with Crippen molar-refractivity contribution < 1.29 is 22.7 Å². The minimum atomic E-state index is -3.87. The Morgan fingerprint density at radius 3 is 2.70 bits per heavy atom. The van der Waals surface area contributed by atoms with E-state index >= 15 is 0 Å². The third-order valence-electron chi connectivity index (χ3n) is 2.48. The first-order chi connectivity index (χ1) is 9.40. The summed E-state index contributed by atoms with van der Waals surface area (Å²) in [5.41, 5.74) is -0.382. The quantitative estimate of drug-likeness (QED) is 0.879. The lowest BCUT2D eigenvalue weighted by Gasteiger charge is -2.09. The zero-order chi connectivity index (χ0) is 14.8. The smallest absolute Gasteiger partial charge is 0.240 e. The van der Waals surface area contributed by atoms with E-state index in [0.717, 1.165) is 6.07 Å². The second kappa shape index (κ2) is 5.66. The molecule has 106 valence electrons. The van der Waals surface area contributed by atoms with Gasteiger partial charge in [-0.15, -0.1) is 0 Å². The van der Waals surface area contributed by atoms with Crippen molar-refractivity contribution in [3.8, 4) is 0 Å². The fourth-order valence-electron chi connectivity index (χ4n) is 1.49. The summed E-state index contributed by atoms with van der Waals surface area (Å²) in [5, 5.41) is 10.7. The van der Waals surface area contributed by atoms with E-state index in [1.807, 2.05) is 0 Å². The number of carbonyl (C=O) groups is 1. The van der Waals surface area contributed by atoms with E-state index < -0.39 is 16.0 Å². The van der Waals surface area contributed by atoms with Crippen molar-refractivity contribution in [1.82, 2.24) is 4.72 Å². The van der Waals surface area contributed by atoms with Crippen LogP contribution in [-0.4, -0.2) is 14.4 Å². The molecule has 0 fully saturated rings. The van der Waals surface area contributed by atoms with Gasteiger partial charge in [0.05, 0.1) is 23.7 Å². The Labute approximate surface area is 120 Å². The summed E-state index contributed by atoms with van der Waals surface area (Å²) in [6, 6.07) is 6.58. The number of benzene rings is 1. The molecule has 0 unspecified atom stereocenters. The average molecular weight is 315 g/mol. The zero-order valence-corrected chi connectivity index (χ0v) is 11.6. The van der Waals surface area contributed by atoms with Crippen molar-refractivity contribution >= 4 is 27.6 Å². The molecule has 2 rings (SSSR count). The second-order valence-corrected chi connectivity index (χ2v) is 6.01. The maximum atomic E-state index is 12.0. The molecular weight excluding hydrogens is 306 g/mol. The molecule has 20 heavy (non-hydrogen) atoms. The number of furan rings is 1. The van der Waals surface area contributed by atoms with Crippen LogP contribution in [0.5, 0.6) is 0 Å². The Balaban J connectivity index is 2.25. The summed E-state index contributed by atoms with van der Waals surface area (Å²) in [6.07, 6.45) is 1.42. The number of rotatable bonds is 5. The van der Waals surface area contributed by atoms with Gasteiger partial charge in [0.25, 0.3) is 0 Å². The first-order valence-electron chi connectivity index (χ1n) is 5.43. The number of aromatic carboxylic acids is 1. The highest BCUT2D eigenvalue weighted by atomic mass is 35.5. The van der Waals surface area contributed by atoms with Crippen molar-refractivity contribution in [2.24, 2.45) is 0 Å². The number of carbonyl (C=O) groups excluding carboxylic acids is 1. The third-order valence-corrected chi connectivity index (χ3v) is 4.21. The summed E-state index contributed by atoms with van der Waals surface area (Å²) in [6.45, 7) is -0.0430. The van der Waals surface area contributed by atoms with Gasteiger partial charge < -0.3 is 14.3 Å². The molecule has 0 saturated carbocycles. The Morgan fingerprint density at radius 1 is 1.35 bits per heavy atom. The lowest BCUT2D eigenvalue weighted by molar-refractivity contribution is -0.255. The van der Waals surface area contributed by atoms with E-state index in [0.29, 0.717) is 5.76 Å². The minimum Gasteiger partial charge on any atom is -0.545 e. The number of carboxylic acids is 1. The van der Waals surface area contributed by atoms with E-state index in [-0.39, 0.29) is 22.0 Å². The number of hydrogen-bond donors (Lipinski definition) is 1. The van der Waals surface area contributed by atoms with Crippen molar-refractivity contribution in [3.05, 3.63) is 52.9 Å². The highest BCUT2D eigenvalue weighted by Gasteiger charge is 2.16. The van der Waals surface area contributed by atoms with Crippen LogP contribution in [0.2, 0.25) is 5.02 Å². The minimum absolute atomic E-state index is 0.0430. The topological polar surface area (TPSA) is 99.4 Å². The number of nitrogens with one attached hydrogen (secondary N) is 1. The number of carboxylic acid groups (broad SMARTS) is 1. The Hall–Kier alpha value is -1.83. The van der Waals surface area contributed by atoms with Gasteiger partial charge >= 0.3 is 0 Å². The van der Waals surface area contributed by atoms with Crippen LogP contribution in [0.15, 0.2) is 45.9 Å². The van der Waals surface area contributed by atoms with Crippen LogP contribution in [0.3, 0.4) is 0 Å². The van der Waals surface area contributed by atoms with E-state index in [4.69, 9.17) is 16.0 Å². The van der Waals surface area contributed by atoms with Crippen molar-refractivity contribution in [3.63, 3.8) is 0 Å². The average Bonchev–Trinajstić information content (AvgIpc) is 2.89. The molecule has 0 spiro atoms. The van der Waals surface area contributed by atoms with Crippen LogP contribution in [0, 0.1) is 0 Å². The van der Waals surface area contributed by atoms with Crippen LogP contribution in [-0.2, 0) is 16.6 Å². The van der Waals surface area contributed by atoms with E-state index in [1.54, 1.807) is 12.1 Å². The van der Waals surface area contributed by atoms with Gasteiger partial charge in [0, 0.05) is 10.6 Å². The van der Waals surface area contributed by atoms with Gasteiger partial charge in [-0.1, -0.05) is 11.6 Å². The lowest BCUT2D eigenvalue weighted by atomic mass is 10.2. The Morgan fingerprint density at radius 2 is 2.10 bits per heavy atom. The fraction of sp³-hybridized carbons (Fsp3) is 0.0833. The predicted molar refractivity (Wildman–Crippen MR) is 68.5 cm³/mol. The van der Waals surface area contributed by atoms with Crippen LogP contribution >= 0.6 is 11.6 Å². The van der Waals surface area contributed by atoms with Gasteiger partial charge in [0.2, 0.25) is 10.0 Å². The molecule has 0 amide bonds. The maximum absolute atomic E-state index is 12.0. The van der Waals surface area contributed by atoms with Gasteiger partial charge in [-0.2, -0.15) is 0 Å². The van der Waals surface area contributed by atoms with Crippen molar-refractivity contribution in [2.45, 2.75) is 11.4 Å². The molecule has 8 heteroatoms. The molecule has 0 radical (unpaired) electrons. The number of hydrogen-bond acceptors (Lipinski definition) is 5. The van der Waals surface area contributed by atoms with Gasteiger partial charge in [-0.25, -0.2) is 13.1 Å². The van der Waals surface area contributed by atoms with Crippen LogP contribution in [0.4, 0.5) is 0 Å². The lowest BCUT2D eigenvalue weighted by Crippen LogP contribution is -2.25. The predicted octanol–water partition coefficient (Wildman–Crippen LogP) is 0.775. The second-order valence-electron chi connectivity index (χ2n) is 3.83. The van der Waals surface area contributed by atoms with Crippen LogP contribution in [0.1, 0.15) is 16.1 Å². The normalized spacial score (nSPS) is 11.4.